The van der Waals surface area contributed by atoms with Gasteiger partial charge in [0.15, 0.2) is 0 Å². The number of carbonyl (C=O) groups is 2. The first-order valence-corrected chi connectivity index (χ1v) is 6.77. The first-order chi connectivity index (χ1) is 8.49. The van der Waals surface area contributed by atoms with E-state index in [-0.39, 0.29) is 30.3 Å². The van der Waals surface area contributed by atoms with Crippen molar-refractivity contribution in [2.75, 3.05) is 26.7 Å². The van der Waals surface area contributed by atoms with E-state index in [1.54, 1.807) is 16.8 Å². The fourth-order valence-corrected chi connectivity index (χ4v) is 2.99. The highest BCUT2D eigenvalue weighted by molar-refractivity contribution is 5.87. The Morgan fingerprint density at radius 1 is 1.33 bits per heavy atom. The monoisotopic (exact) mass is 253 g/mol. The Bertz CT molecular complexity index is 345. The van der Waals surface area contributed by atoms with Crippen LogP contribution >= 0.6 is 0 Å². The number of piperazine rings is 1. The van der Waals surface area contributed by atoms with E-state index in [9.17, 15) is 9.59 Å². The molecule has 2 fully saturated rings. The molecule has 2 N–H and O–H groups in total. The van der Waals surface area contributed by atoms with Crippen molar-refractivity contribution in [1.29, 1.82) is 0 Å². The Kier molecular flexibility index (Phi) is 3.90. The van der Waals surface area contributed by atoms with Crippen molar-refractivity contribution >= 4 is 11.8 Å². The minimum absolute atomic E-state index is 0.0368. The summed E-state index contributed by atoms with van der Waals surface area (Å²) in [6, 6.07) is 0.234. The molecule has 3 atom stereocenters. The van der Waals surface area contributed by atoms with Gasteiger partial charge in [0.25, 0.3) is 0 Å². The van der Waals surface area contributed by atoms with Gasteiger partial charge in [0.2, 0.25) is 11.8 Å². The van der Waals surface area contributed by atoms with Crippen LogP contribution in [0.4, 0.5) is 0 Å². The van der Waals surface area contributed by atoms with Crippen molar-refractivity contribution < 1.29 is 9.59 Å². The van der Waals surface area contributed by atoms with E-state index in [1.165, 1.54) is 0 Å². The molecule has 5 heteroatoms. The molecule has 0 aromatic rings. The Labute approximate surface area is 108 Å². The maximum absolute atomic E-state index is 12.4. The molecule has 1 heterocycles. The Hall–Kier alpha value is -1.10. The van der Waals surface area contributed by atoms with E-state index < -0.39 is 0 Å². The molecule has 18 heavy (non-hydrogen) atoms. The van der Waals surface area contributed by atoms with Gasteiger partial charge in [-0.05, 0) is 25.2 Å². The van der Waals surface area contributed by atoms with Crippen LogP contribution < -0.4 is 5.73 Å². The van der Waals surface area contributed by atoms with E-state index in [4.69, 9.17) is 5.73 Å². The van der Waals surface area contributed by atoms with Gasteiger partial charge in [-0.3, -0.25) is 9.59 Å². The van der Waals surface area contributed by atoms with Gasteiger partial charge >= 0.3 is 0 Å². The van der Waals surface area contributed by atoms with Crippen LogP contribution in [0.2, 0.25) is 0 Å². The van der Waals surface area contributed by atoms with Crippen LogP contribution in [0.25, 0.3) is 0 Å². The van der Waals surface area contributed by atoms with Gasteiger partial charge in [-0.15, -0.1) is 0 Å². The Morgan fingerprint density at radius 3 is 2.67 bits per heavy atom. The number of hydrogen-bond donors (Lipinski definition) is 1. The second-order valence-corrected chi connectivity index (χ2v) is 5.73. The number of amides is 2. The summed E-state index contributed by atoms with van der Waals surface area (Å²) in [6.07, 6.45) is 2.70. The van der Waals surface area contributed by atoms with E-state index in [1.807, 2.05) is 0 Å². The molecule has 102 valence electrons. The van der Waals surface area contributed by atoms with Crippen molar-refractivity contribution in [3.63, 3.8) is 0 Å². The predicted molar refractivity (Wildman–Crippen MR) is 68.7 cm³/mol. The summed E-state index contributed by atoms with van der Waals surface area (Å²) in [7, 11) is 1.78. The molecule has 1 aliphatic carbocycles. The highest BCUT2D eigenvalue weighted by atomic mass is 16.2. The molecule has 0 bridgehead atoms. The van der Waals surface area contributed by atoms with Crippen molar-refractivity contribution in [1.82, 2.24) is 9.80 Å². The predicted octanol–water partition coefficient (Wildman–Crippen LogP) is 0.0505. The molecule has 3 unspecified atom stereocenters. The first-order valence-electron chi connectivity index (χ1n) is 6.77. The number of likely N-dealkylation sites (N-methyl/N-ethyl adjacent to an activating group) is 1. The third kappa shape index (κ3) is 2.66. The summed E-state index contributed by atoms with van der Waals surface area (Å²) >= 11 is 0. The lowest BCUT2D eigenvalue weighted by Crippen LogP contribution is -2.53. The topological polar surface area (TPSA) is 66.6 Å². The summed E-state index contributed by atoms with van der Waals surface area (Å²) in [5.74, 6) is 0.572. The third-order valence-corrected chi connectivity index (χ3v) is 4.30. The molecule has 0 aromatic carbocycles. The van der Waals surface area contributed by atoms with Crippen LogP contribution in [-0.2, 0) is 9.59 Å². The lowest BCUT2D eigenvalue weighted by atomic mass is 9.77. The molecule has 2 amide bonds. The fraction of sp³-hybridized carbons (Fsp3) is 0.846. The highest BCUT2D eigenvalue weighted by Gasteiger charge is 2.35. The van der Waals surface area contributed by atoms with Crippen LogP contribution in [0.1, 0.15) is 26.2 Å². The Balaban J connectivity index is 1.97. The van der Waals surface area contributed by atoms with Crippen LogP contribution in [0.15, 0.2) is 0 Å². The zero-order valence-corrected chi connectivity index (χ0v) is 11.3. The standard InChI is InChI=1S/C13H23N3O2/c1-9-7-10(14)3-4-11(9)13(18)16-6-5-15(2)12(17)8-16/h9-11H,3-8,14H2,1-2H3. The summed E-state index contributed by atoms with van der Waals surface area (Å²) < 4.78 is 0. The first kappa shape index (κ1) is 13.3. The van der Waals surface area contributed by atoms with Crippen LogP contribution in [0.3, 0.4) is 0 Å². The fourth-order valence-electron chi connectivity index (χ4n) is 2.99. The largest absolute Gasteiger partial charge is 0.342 e. The normalized spacial score (nSPS) is 33.7. The van der Waals surface area contributed by atoms with Crippen molar-refractivity contribution in [3.05, 3.63) is 0 Å². The van der Waals surface area contributed by atoms with Gasteiger partial charge < -0.3 is 15.5 Å². The van der Waals surface area contributed by atoms with Crippen LogP contribution in [0, 0.1) is 11.8 Å². The average Bonchev–Trinajstić information content (AvgIpc) is 2.32. The molecule has 1 saturated carbocycles. The quantitative estimate of drug-likeness (QED) is 0.718. The van der Waals surface area contributed by atoms with Gasteiger partial charge in [-0.25, -0.2) is 0 Å². The zero-order chi connectivity index (χ0) is 13.3. The van der Waals surface area contributed by atoms with Gasteiger partial charge in [0, 0.05) is 32.1 Å². The minimum Gasteiger partial charge on any atom is -0.342 e. The summed E-state index contributed by atoms with van der Waals surface area (Å²) in [6.45, 7) is 3.64. The van der Waals surface area contributed by atoms with Gasteiger partial charge in [-0.1, -0.05) is 6.92 Å². The average molecular weight is 253 g/mol. The van der Waals surface area contributed by atoms with E-state index in [0.717, 1.165) is 19.3 Å². The molecule has 2 rings (SSSR count). The second-order valence-electron chi connectivity index (χ2n) is 5.73. The van der Waals surface area contributed by atoms with Gasteiger partial charge in [-0.2, -0.15) is 0 Å². The van der Waals surface area contributed by atoms with Crippen molar-refractivity contribution in [3.8, 4) is 0 Å². The molecule has 1 saturated heterocycles. The maximum Gasteiger partial charge on any atom is 0.241 e. The molecule has 5 nitrogen and oxygen atoms in total. The number of nitrogens with two attached hydrogens (primary N) is 1. The van der Waals surface area contributed by atoms with Crippen molar-refractivity contribution in [2.45, 2.75) is 32.2 Å². The van der Waals surface area contributed by atoms with E-state index in [2.05, 4.69) is 6.92 Å². The lowest BCUT2D eigenvalue weighted by Gasteiger charge is -2.38. The molecular weight excluding hydrogens is 230 g/mol. The number of hydrogen-bond acceptors (Lipinski definition) is 3. The molecule has 0 spiro atoms. The van der Waals surface area contributed by atoms with Crippen molar-refractivity contribution in [2.24, 2.45) is 17.6 Å². The number of nitrogens with zero attached hydrogens (tertiary/aromatic N) is 2. The second kappa shape index (κ2) is 5.26. The smallest absolute Gasteiger partial charge is 0.241 e. The van der Waals surface area contributed by atoms with E-state index in [0.29, 0.717) is 19.0 Å². The molecule has 2 aliphatic rings. The van der Waals surface area contributed by atoms with Crippen LogP contribution in [-0.4, -0.2) is 54.3 Å². The summed E-state index contributed by atoms with van der Waals surface area (Å²) in [5.41, 5.74) is 5.92. The van der Waals surface area contributed by atoms with Gasteiger partial charge in [0.05, 0.1) is 6.54 Å². The molecule has 1 aliphatic heterocycles. The molecule has 0 aromatic heterocycles. The SMILES string of the molecule is CC1CC(N)CCC1C(=O)N1CCN(C)C(=O)C1. The minimum atomic E-state index is 0.0368. The summed E-state index contributed by atoms with van der Waals surface area (Å²) in [5, 5.41) is 0. The van der Waals surface area contributed by atoms with Crippen LogP contribution in [0.5, 0.6) is 0 Å². The van der Waals surface area contributed by atoms with Gasteiger partial charge in [0.1, 0.15) is 0 Å². The lowest BCUT2D eigenvalue weighted by molar-refractivity contribution is -0.148. The van der Waals surface area contributed by atoms with E-state index >= 15 is 0 Å². The maximum atomic E-state index is 12.4. The zero-order valence-electron chi connectivity index (χ0n) is 11.3. The molecule has 0 radical (unpaired) electrons. The number of carbonyl (C=O) groups excluding carboxylic acids is 2. The Morgan fingerprint density at radius 2 is 2.06 bits per heavy atom. The number of rotatable bonds is 1. The molecular formula is C13H23N3O2. The summed E-state index contributed by atoms with van der Waals surface area (Å²) in [4.78, 5) is 27.5. The third-order valence-electron chi connectivity index (χ3n) is 4.30. The highest BCUT2D eigenvalue weighted by Crippen LogP contribution is 2.30.